The van der Waals surface area contributed by atoms with Crippen LogP contribution in [0.15, 0.2) is 42.6 Å². The first-order valence-electron chi connectivity index (χ1n) is 6.22. The Morgan fingerprint density at radius 2 is 1.95 bits per heavy atom. The van der Waals surface area contributed by atoms with Crippen LogP contribution in [-0.4, -0.2) is 21.7 Å². The molecular weight excluding hydrogens is 238 g/mol. The number of nitrogens with one attached hydrogen (secondary N) is 1. The van der Waals surface area contributed by atoms with Crippen LogP contribution in [0.1, 0.15) is 5.56 Å². The Balaban J connectivity index is 2.10. The zero-order valence-electron chi connectivity index (χ0n) is 10.4. The molecule has 0 atom stereocenters. The molecule has 4 heteroatoms. The maximum Gasteiger partial charge on any atom is 0.140 e. The topological polar surface area (TPSA) is 74.9 Å². The Bertz CT molecular complexity index is 701. The summed E-state index contributed by atoms with van der Waals surface area (Å²) < 4.78 is 0. The van der Waals surface area contributed by atoms with Crippen molar-refractivity contribution in [2.45, 2.75) is 6.42 Å². The number of nitrogens with two attached hydrogens (primary N) is 1. The molecule has 0 aliphatic carbocycles. The monoisotopic (exact) mass is 253 g/mol. The third kappa shape index (κ3) is 2.18. The first-order valence-corrected chi connectivity index (χ1v) is 6.22. The van der Waals surface area contributed by atoms with Crippen molar-refractivity contribution >= 4 is 16.9 Å². The zero-order valence-corrected chi connectivity index (χ0v) is 10.4. The van der Waals surface area contributed by atoms with E-state index in [9.17, 15) is 0 Å². The summed E-state index contributed by atoms with van der Waals surface area (Å²) >= 11 is 0. The van der Waals surface area contributed by atoms with E-state index in [2.05, 4.69) is 9.97 Å². The van der Waals surface area contributed by atoms with E-state index >= 15 is 0 Å². The lowest BCUT2D eigenvalue weighted by atomic mass is 10.0. The standard InChI is InChI=1S/C15H15N3O/c16-14-9-13(12-5-7-17-15(12)18-14)11-3-1-10(2-4-11)6-8-19/h1-5,7,9,19H,6,8H2,(H3,16,17,18). The van der Waals surface area contributed by atoms with Crippen LogP contribution in [0.3, 0.4) is 0 Å². The van der Waals surface area contributed by atoms with Gasteiger partial charge in [0.2, 0.25) is 0 Å². The van der Waals surface area contributed by atoms with Crippen LogP contribution in [0.25, 0.3) is 22.2 Å². The number of nitrogens with zero attached hydrogens (tertiary/aromatic N) is 1. The molecule has 3 rings (SSSR count). The summed E-state index contributed by atoms with van der Waals surface area (Å²) in [5, 5.41) is 9.99. The van der Waals surface area contributed by atoms with E-state index in [0.29, 0.717) is 12.2 Å². The summed E-state index contributed by atoms with van der Waals surface area (Å²) in [7, 11) is 0. The fraction of sp³-hybridized carbons (Fsp3) is 0.133. The first kappa shape index (κ1) is 11.7. The molecule has 0 fully saturated rings. The van der Waals surface area contributed by atoms with Crippen molar-refractivity contribution in [3.05, 3.63) is 48.2 Å². The second-order valence-corrected chi connectivity index (χ2v) is 4.51. The third-order valence-corrected chi connectivity index (χ3v) is 3.21. The summed E-state index contributed by atoms with van der Waals surface area (Å²) in [5.41, 5.74) is 9.93. The van der Waals surface area contributed by atoms with E-state index in [0.717, 1.165) is 27.7 Å². The van der Waals surface area contributed by atoms with Crippen LogP contribution >= 0.6 is 0 Å². The number of pyridine rings is 1. The Hall–Kier alpha value is -2.33. The molecule has 0 bridgehead atoms. The van der Waals surface area contributed by atoms with Crippen LogP contribution in [0.2, 0.25) is 0 Å². The van der Waals surface area contributed by atoms with Crippen LogP contribution < -0.4 is 5.73 Å². The van der Waals surface area contributed by atoms with E-state index in [-0.39, 0.29) is 6.61 Å². The highest BCUT2D eigenvalue weighted by Gasteiger charge is 2.07. The highest BCUT2D eigenvalue weighted by Crippen LogP contribution is 2.29. The highest BCUT2D eigenvalue weighted by molar-refractivity contribution is 5.94. The quantitative estimate of drug-likeness (QED) is 0.670. The van der Waals surface area contributed by atoms with Gasteiger partial charge >= 0.3 is 0 Å². The number of aliphatic hydroxyl groups is 1. The maximum atomic E-state index is 8.93. The van der Waals surface area contributed by atoms with Gasteiger partial charge in [-0.1, -0.05) is 24.3 Å². The van der Waals surface area contributed by atoms with Gasteiger partial charge in [-0.15, -0.1) is 0 Å². The minimum absolute atomic E-state index is 0.170. The van der Waals surface area contributed by atoms with Crippen molar-refractivity contribution in [2.75, 3.05) is 12.3 Å². The van der Waals surface area contributed by atoms with Crippen LogP contribution in [0, 0.1) is 0 Å². The molecule has 0 aliphatic heterocycles. The number of hydrogen-bond donors (Lipinski definition) is 3. The lowest BCUT2D eigenvalue weighted by Crippen LogP contribution is -1.93. The van der Waals surface area contributed by atoms with Crippen LogP contribution in [0.5, 0.6) is 0 Å². The summed E-state index contributed by atoms with van der Waals surface area (Å²) in [6.07, 6.45) is 2.54. The van der Waals surface area contributed by atoms with Crippen molar-refractivity contribution < 1.29 is 5.11 Å². The molecule has 0 saturated carbocycles. The number of hydrogen-bond acceptors (Lipinski definition) is 3. The average molecular weight is 253 g/mol. The fourth-order valence-electron chi connectivity index (χ4n) is 2.28. The minimum Gasteiger partial charge on any atom is -0.396 e. The highest BCUT2D eigenvalue weighted by atomic mass is 16.2. The number of fused-ring (bicyclic) bond motifs is 1. The summed E-state index contributed by atoms with van der Waals surface area (Å²) in [6.45, 7) is 0.170. The lowest BCUT2D eigenvalue weighted by molar-refractivity contribution is 0.299. The molecule has 0 aliphatic rings. The predicted molar refractivity (Wildman–Crippen MR) is 76.7 cm³/mol. The van der Waals surface area contributed by atoms with E-state index in [4.69, 9.17) is 10.8 Å². The first-order chi connectivity index (χ1) is 9.28. The van der Waals surface area contributed by atoms with E-state index in [1.54, 1.807) is 0 Å². The lowest BCUT2D eigenvalue weighted by Gasteiger charge is -2.06. The van der Waals surface area contributed by atoms with Gasteiger partial charge in [-0.25, -0.2) is 4.98 Å². The Morgan fingerprint density at radius 1 is 1.16 bits per heavy atom. The van der Waals surface area contributed by atoms with Gasteiger partial charge in [-0.2, -0.15) is 0 Å². The van der Waals surface area contributed by atoms with Gasteiger partial charge in [-0.05, 0) is 35.2 Å². The van der Waals surface area contributed by atoms with Crippen molar-refractivity contribution in [3.8, 4) is 11.1 Å². The number of rotatable bonds is 3. The Labute approximate surface area is 110 Å². The van der Waals surface area contributed by atoms with Gasteiger partial charge in [0.05, 0.1) is 0 Å². The van der Waals surface area contributed by atoms with E-state index in [1.807, 2.05) is 42.6 Å². The fourth-order valence-corrected chi connectivity index (χ4v) is 2.28. The van der Waals surface area contributed by atoms with Crippen molar-refractivity contribution in [3.63, 3.8) is 0 Å². The summed E-state index contributed by atoms with van der Waals surface area (Å²) in [4.78, 5) is 7.34. The number of aliphatic hydroxyl groups excluding tert-OH is 1. The Morgan fingerprint density at radius 3 is 2.68 bits per heavy atom. The summed E-state index contributed by atoms with van der Waals surface area (Å²) in [6, 6.07) is 12.0. The van der Waals surface area contributed by atoms with Crippen LogP contribution in [-0.2, 0) is 6.42 Å². The van der Waals surface area contributed by atoms with Gasteiger partial charge in [0.25, 0.3) is 0 Å². The van der Waals surface area contributed by atoms with Gasteiger partial charge in [0, 0.05) is 18.2 Å². The van der Waals surface area contributed by atoms with E-state index < -0.39 is 0 Å². The molecule has 0 saturated heterocycles. The van der Waals surface area contributed by atoms with E-state index in [1.165, 1.54) is 0 Å². The van der Waals surface area contributed by atoms with Crippen LogP contribution in [0.4, 0.5) is 5.82 Å². The normalized spacial score (nSPS) is 11.0. The van der Waals surface area contributed by atoms with Crippen molar-refractivity contribution in [1.29, 1.82) is 0 Å². The molecule has 3 aromatic rings. The second kappa shape index (κ2) is 4.74. The van der Waals surface area contributed by atoms with Crippen molar-refractivity contribution in [2.24, 2.45) is 0 Å². The minimum atomic E-state index is 0.170. The molecule has 0 spiro atoms. The molecular formula is C15H15N3O. The maximum absolute atomic E-state index is 8.93. The number of anilines is 1. The summed E-state index contributed by atoms with van der Waals surface area (Å²) in [5.74, 6) is 0.504. The number of nitrogen functional groups attached to an aromatic ring is 1. The zero-order chi connectivity index (χ0) is 13.2. The van der Waals surface area contributed by atoms with Gasteiger partial charge in [-0.3, -0.25) is 0 Å². The number of aromatic nitrogens is 2. The predicted octanol–water partition coefficient (Wildman–Crippen LogP) is 2.35. The van der Waals surface area contributed by atoms with Gasteiger partial charge in [0.15, 0.2) is 0 Å². The largest absolute Gasteiger partial charge is 0.396 e. The van der Waals surface area contributed by atoms with Gasteiger partial charge in [0.1, 0.15) is 11.5 Å². The van der Waals surface area contributed by atoms with Gasteiger partial charge < -0.3 is 15.8 Å². The third-order valence-electron chi connectivity index (χ3n) is 3.21. The Kier molecular flexibility index (Phi) is 2.93. The molecule has 19 heavy (non-hydrogen) atoms. The molecule has 96 valence electrons. The molecule has 0 amide bonds. The molecule has 0 radical (unpaired) electrons. The molecule has 2 heterocycles. The number of benzene rings is 1. The smallest absolute Gasteiger partial charge is 0.140 e. The average Bonchev–Trinajstić information content (AvgIpc) is 2.87. The molecule has 1 aromatic carbocycles. The number of aromatic amines is 1. The molecule has 0 unspecified atom stereocenters. The van der Waals surface area contributed by atoms with Crippen molar-refractivity contribution in [1.82, 2.24) is 9.97 Å². The number of H-pyrrole nitrogens is 1. The SMILES string of the molecule is Nc1cc(-c2ccc(CCO)cc2)c2cc[nH]c2n1. The molecule has 4 N–H and O–H groups in total. The molecule has 4 nitrogen and oxygen atoms in total. The second-order valence-electron chi connectivity index (χ2n) is 4.51. The molecule has 2 aromatic heterocycles.